The highest BCUT2D eigenvalue weighted by atomic mass is 32.2. The molecule has 0 saturated heterocycles. The minimum absolute atomic E-state index is 0.358. The second kappa shape index (κ2) is 8.37. The van der Waals surface area contributed by atoms with Gasteiger partial charge in [0.05, 0.1) is 18.4 Å². The van der Waals surface area contributed by atoms with Crippen molar-refractivity contribution in [1.29, 1.82) is 0 Å². The van der Waals surface area contributed by atoms with E-state index in [0.717, 1.165) is 19.5 Å². The van der Waals surface area contributed by atoms with Gasteiger partial charge in [-0.2, -0.15) is 13.2 Å². The van der Waals surface area contributed by atoms with Crippen LogP contribution in [0.15, 0.2) is 24.5 Å². The number of Topliss-reactive ketones (excluding diaryl/α,β-unsaturated/α-hetero) is 1. The van der Waals surface area contributed by atoms with E-state index in [0.29, 0.717) is 16.4 Å². The number of fused-ring (bicyclic) bond motifs is 1. The van der Waals surface area contributed by atoms with Gasteiger partial charge in [0.2, 0.25) is 12.2 Å². The van der Waals surface area contributed by atoms with Crippen molar-refractivity contribution in [3.63, 3.8) is 0 Å². The number of carbonyl (C=O) groups is 2. The predicted molar refractivity (Wildman–Crippen MR) is 96.6 cm³/mol. The van der Waals surface area contributed by atoms with Gasteiger partial charge in [0.1, 0.15) is 5.69 Å². The number of alkyl halides is 5. The van der Waals surface area contributed by atoms with Gasteiger partial charge in [0, 0.05) is 25.4 Å². The Morgan fingerprint density at radius 3 is 2.47 bits per heavy atom. The minimum atomic E-state index is -5.04. The Labute approximate surface area is 177 Å². The number of rotatable bonds is 5. The largest absolute Gasteiger partial charge is 0.465 e. The molecule has 32 heavy (non-hydrogen) atoms. The second-order valence-electron chi connectivity index (χ2n) is 6.39. The van der Waals surface area contributed by atoms with E-state index in [2.05, 4.69) is 19.7 Å². The summed E-state index contributed by atoms with van der Waals surface area (Å²) >= 11 is 0. The third-order valence-corrected chi connectivity index (χ3v) is 6.41. The van der Waals surface area contributed by atoms with Gasteiger partial charge in [-0.05, 0) is 12.1 Å². The average molecular weight is 480 g/mol. The lowest BCUT2D eigenvalue weighted by molar-refractivity contribution is -0.141. The average Bonchev–Trinajstić information content (AvgIpc) is 2.71. The summed E-state index contributed by atoms with van der Waals surface area (Å²) in [6.45, 7) is -0.845. The van der Waals surface area contributed by atoms with Crippen LogP contribution < -0.4 is 4.31 Å². The smallest absolute Gasteiger partial charge is 0.433 e. The molecule has 0 spiro atoms. The van der Waals surface area contributed by atoms with Crippen molar-refractivity contribution in [3.05, 3.63) is 47.2 Å². The molecule has 1 aliphatic rings. The molecule has 1 unspecified atom stereocenters. The van der Waals surface area contributed by atoms with Gasteiger partial charge in [0.25, 0.3) is 10.0 Å². The summed E-state index contributed by atoms with van der Waals surface area (Å²) in [7, 11) is -4.11. The molecule has 0 saturated carbocycles. The number of sulfonamides is 1. The maximum atomic E-state index is 13.2. The SMILES string of the molecule is COC(=O)c1ccc(C(F)(F)F)nc1C1C(=O)c2nccnc2N(CCC(F)F)S1(=O)=O. The van der Waals surface area contributed by atoms with Crippen LogP contribution in [-0.4, -0.2) is 55.2 Å². The fourth-order valence-electron chi connectivity index (χ4n) is 3.02. The first-order chi connectivity index (χ1) is 14.9. The summed E-state index contributed by atoms with van der Waals surface area (Å²) in [5, 5.41) is -2.47. The highest BCUT2D eigenvalue weighted by molar-refractivity contribution is 7.94. The number of nitrogens with zero attached hydrogens (tertiary/aromatic N) is 4. The zero-order valence-corrected chi connectivity index (χ0v) is 16.8. The van der Waals surface area contributed by atoms with Crippen LogP contribution in [0.1, 0.15) is 43.9 Å². The number of hydrogen-bond acceptors (Lipinski definition) is 8. The van der Waals surface area contributed by atoms with Gasteiger partial charge < -0.3 is 4.74 Å². The Kier molecular flexibility index (Phi) is 6.13. The van der Waals surface area contributed by atoms with Gasteiger partial charge in [-0.3, -0.25) is 9.10 Å². The van der Waals surface area contributed by atoms with Gasteiger partial charge in [-0.15, -0.1) is 0 Å². The first-order valence-corrected chi connectivity index (χ1v) is 10.2. The van der Waals surface area contributed by atoms with Crippen LogP contribution in [0.3, 0.4) is 0 Å². The number of ether oxygens (including phenoxy) is 1. The van der Waals surface area contributed by atoms with E-state index in [1.807, 2.05) is 0 Å². The van der Waals surface area contributed by atoms with E-state index in [1.54, 1.807) is 0 Å². The normalized spacial score (nSPS) is 17.9. The van der Waals surface area contributed by atoms with E-state index in [1.165, 1.54) is 0 Å². The molecule has 9 nitrogen and oxygen atoms in total. The molecule has 3 rings (SSSR count). The first kappa shape index (κ1) is 23.4. The number of aromatic nitrogens is 3. The van der Waals surface area contributed by atoms with Crippen molar-refractivity contribution in [2.45, 2.75) is 24.3 Å². The van der Waals surface area contributed by atoms with Crippen molar-refractivity contribution < 1.29 is 44.7 Å². The van der Waals surface area contributed by atoms with Crippen LogP contribution in [0.25, 0.3) is 0 Å². The van der Waals surface area contributed by atoms with Crippen LogP contribution in [0, 0.1) is 0 Å². The number of pyridine rings is 1. The molecule has 0 bridgehead atoms. The summed E-state index contributed by atoms with van der Waals surface area (Å²) in [5.41, 5.74) is -3.94. The van der Waals surface area contributed by atoms with Gasteiger partial charge in [-0.1, -0.05) is 0 Å². The quantitative estimate of drug-likeness (QED) is 0.473. The number of carbonyl (C=O) groups excluding carboxylic acids is 2. The number of anilines is 1. The molecule has 0 amide bonds. The Balaban J connectivity index is 2.29. The van der Waals surface area contributed by atoms with E-state index in [-0.39, 0.29) is 0 Å². The molecular formula is C17H13F5N4O5S. The number of ketones is 1. The van der Waals surface area contributed by atoms with E-state index in [9.17, 15) is 40.0 Å². The van der Waals surface area contributed by atoms with Crippen molar-refractivity contribution in [1.82, 2.24) is 15.0 Å². The summed E-state index contributed by atoms with van der Waals surface area (Å²) in [6.07, 6.45) is -6.91. The topological polar surface area (TPSA) is 119 Å². The highest BCUT2D eigenvalue weighted by Gasteiger charge is 2.50. The third kappa shape index (κ3) is 4.11. The number of esters is 1. The Bertz CT molecular complexity index is 1170. The molecule has 0 aromatic carbocycles. The van der Waals surface area contributed by atoms with Crippen molar-refractivity contribution in [2.75, 3.05) is 18.0 Å². The molecule has 0 fully saturated rings. The number of methoxy groups -OCH3 is 1. The van der Waals surface area contributed by atoms with Crippen LogP contribution in [0.2, 0.25) is 0 Å². The monoisotopic (exact) mass is 480 g/mol. The molecule has 15 heteroatoms. The van der Waals surface area contributed by atoms with E-state index < -0.39 is 81.1 Å². The molecule has 2 aromatic rings. The first-order valence-electron chi connectivity index (χ1n) is 8.71. The summed E-state index contributed by atoms with van der Waals surface area (Å²) in [4.78, 5) is 35.8. The van der Waals surface area contributed by atoms with Gasteiger partial charge >= 0.3 is 12.1 Å². The van der Waals surface area contributed by atoms with E-state index in [4.69, 9.17) is 0 Å². The summed E-state index contributed by atoms with van der Waals surface area (Å²) in [6, 6.07) is 1.04. The maximum Gasteiger partial charge on any atom is 0.433 e. The molecule has 0 aliphatic carbocycles. The van der Waals surface area contributed by atoms with Gasteiger partial charge in [0.15, 0.2) is 16.8 Å². The predicted octanol–water partition coefficient (Wildman–Crippen LogP) is 2.41. The summed E-state index contributed by atoms with van der Waals surface area (Å²) in [5.74, 6) is -3.13. The molecule has 1 aliphatic heterocycles. The third-order valence-electron chi connectivity index (χ3n) is 4.41. The zero-order chi connectivity index (χ0) is 23.8. The van der Waals surface area contributed by atoms with Crippen LogP contribution >= 0.6 is 0 Å². The van der Waals surface area contributed by atoms with Crippen molar-refractivity contribution >= 4 is 27.6 Å². The zero-order valence-electron chi connectivity index (χ0n) is 16.0. The van der Waals surface area contributed by atoms with Gasteiger partial charge in [-0.25, -0.2) is 36.9 Å². The fourth-order valence-corrected chi connectivity index (χ4v) is 4.86. The standard InChI is InChI=1S/C17H13F5N4O5S/c1-31-16(28)8-2-3-9(17(20,21)22)25-11(8)14-13(27)12-15(24-6-5-23-12)26(32(14,29)30)7-4-10(18)19/h2-3,5-6,10,14H,4,7H2,1H3. The van der Waals surface area contributed by atoms with Crippen molar-refractivity contribution in [2.24, 2.45) is 0 Å². The molecule has 2 aromatic heterocycles. The highest BCUT2D eigenvalue weighted by Crippen LogP contribution is 2.40. The van der Waals surface area contributed by atoms with Crippen LogP contribution in [-0.2, 0) is 20.9 Å². The van der Waals surface area contributed by atoms with Crippen molar-refractivity contribution in [3.8, 4) is 0 Å². The lowest BCUT2D eigenvalue weighted by Crippen LogP contribution is -2.45. The Hall–Kier alpha value is -3.23. The number of hydrogen-bond donors (Lipinski definition) is 0. The van der Waals surface area contributed by atoms with Crippen LogP contribution in [0.4, 0.5) is 27.8 Å². The van der Waals surface area contributed by atoms with Crippen LogP contribution in [0.5, 0.6) is 0 Å². The van der Waals surface area contributed by atoms with E-state index >= 15 is 0 Å². The molecular weight excluding hydrogens is 467 g/mol. The second-order valence-corrected chi connectivity index (χ2v) is 8.33. The molecule has 172 valence electrons. The lowest BCUT2D eigenvalue weighted by Gasteiger charge is -2.33. The molecule has 1 atom stereocenters. The molecule has 0 radical (unpaired) electrons. The lowest BCUT2D eigenvalue weighted by atomic mass is 10.0. The summed E-state index contributed by atoms with van der Waals surface area (Å²) < 4.78 is 96.6. The Morgan fingerprint density at radius 1 is 1.22 bits per heavy atom. The molecule has 3 heterocycles. The minimum Gasteiger partial charge on any atom is -0.465 e. The Morgan fingerprint density at radius 2 is 1.88 bits per heavy atom. The fraction of sp³-hybridized carbons (Fsp3) is 0.353. The molecule has 0 N–H and O–H groups in total. The number of halogens is 5. The maximum absolute atomic E-state index is 13.2.